The van der Waals surface area contributed by atoms with E-state index in [1.807, 2.05) is 0 Å². The molecular formula is C14H19N5O5. The molecular weight excluding hydrogens is 318 g/mol. The Hall–Kier alpha value is -2.84. The van der Waals surface area contributed by atoms with Gasteiger partial charge in [0.05, 0.1) is 32.8 Å². The maximum absolute atomic E-state index is 11.9. The second-order valence-corrected chi connectivity index (χ2v) is 4.67. The first-order valence-corrected chi connectivity index (χ1v) is 7.16. The lowest BCUT2D eigenvalue weighted by Crippen LogP contribution is -2.31. The second-order valence-electron chi connectivity index (χ2n) is 4.67. The van der Waals surface area contributed by atoms with E-state index in [-0.39, 0.29) is 38.5 Å². The first-order valence-electron chi connectivity index (χ1n) is 7.16. The Morgan fingerprint density at radius 2 is 2.25 bits per heavy atom. The fraction of sp³-hybridized carbons (Fsp3) is 0.500. The molecule has 0 spiro atoms. The predicted molar refractivity (Wildman–Crippen MR) is 83.4 cm³/mol. The van der Waals surface area contributed by atoms with Crippen molar-refractivity contribution in [2.75, 3.05) is 26.9 Å². The fourth-order valence-corrected chi connectivity index (χ4v) is 1.83. The maximum Gasteiger partial charge on any atom is 0.305 e. The molecule has 0 bridgehead atoms. The molecule has 1 amide bonds. The number of carbonyl (C=O) groups excluding carboxylic acids is 1. The zero-order chi connectivity index (χ0) is 17.8. The molecule has 0 unspecified atom stereocenters. The van der Waals surface area contributed by atoms with Crippen molar-refractivity contribution in [1.29, 1.82) is 0 Å². The summed E-state index contributed by atoms with van der Waals surface area (Å²) in [6, 6.07) is 2.54. The molecule has 0 aliphatic carbocycles. The smallest absolute Gasteiger partial charge is 0.305 e. The fourth-order valence-electron chi connectivity index (χ4n) is 1.83. The van der Waals surface area contributed by atoms with E-state index in [1.54, 1.807) is 12.1 Å². The molecule has 0 aliphatic rings. The molecule has 1 aromatic heterocycles. The topological polar surface area (TPSA) is 147 Å². The number of azide groups is 1. The number of amides is 1. The highest BCUT2D eigenvalue weighted by atomic mass is 16.5. The van der Waals surface area contributed by atoms with E-state index in [1.165, 1.54) is 13.3 Å². The van der Waals surface area contributed by atoms with Gasteiger partial charge < -0.3 is 19.9 Å². The van der Waals surface area contributed by atoms with E-state index in [4.69, 9.17) is 20.1 Å². The summed E-state index contributed by atoms with van der Waals surface area (Å²) < 4.78 is 10.1. The molecule has 130 valence electrons. The molecule has 2 N–H and O–H groups in total. The van der Waals surface area contributed by atoms with Gasteiger partial charge in [-0.25, -0.2) is 4.98 Å². The van der Waals surface area contributed by atoms with Crippen LogP contribution in [0.3, 0.4) is 0 Å². The quantitative estimate of drug-likeness (QED) is 0.270. The molecule has 1 rings (SSSR count). The Morgan fingerprint density at radius 1 is 1.46 bits per heavy atom. The van der Waals surface area contributed by atoms with Crippen LogP contribution in [0.1, 0.15) is 24.4 Å². The van der Waals surface area contributed by atoms with E-state index in [2.05, 4.69) is 20.3 Å². The number of hydrogen-bond acceptors (Lipinski definition) is 6. The van der Waals surface area contributed by atoms with Crippen LogP contribution in [-0.2, 0) is 14.3 Å². The summed E-state index contributed by atoms with van der Waals surface area (Å²) in [5, 5.41) is 14.9. The minimum Gasteiger partial charge on any atom is -0.481 e. The van der Waals surface area contributed by atoms with Gasteiger partial charge >= 0.3 is 5.97 Å². The van der Waals surface area contributed by atoms with Crippen LogP contribution in [-0.4, -0.2) is 48.8 Å². The SMILES string of the molecule is COc1ccc([C@H](CC(=O)O)NC(=O)CCOCCN=[N+]=[N-])cn1. The monoisotopic (exact) mass is 337 g/mol. The van der Waals surface area contributed by atoms with Gasteiger partial charge in [-0.1, -0.05) is 11.2 Å². The van der Waals surface area contributed by atoms with Crippen molar-refractivity contribution < 1.29 is 24.2 Å². The molecule has 0 fully saturated rings. The first kappa shape index (κ1) is 19.2. The number of carboxylic acids is 1. The minimum atomic E-state index is -1.04. The van der Waals surface area contributed by atoms with Crippen molar-refractivity contribution in [3.63, 3.8) is 0 Å². The number of aliphatic carboxylic acids is 1. The summed E-state index contributed by atoms with van der Waals surface area (Å²) in [5.74, 6) is -0.991. The summed E-state index contributed by atoms with van der Waals surface area (Å²) in [7, 11) is 1.47. The molecule has 0 aromatic carbocycles. The zero-order valence-electron chi connectivity index (χ0n) is 13.2. The predicted octanol–water partition coefficient (Wildman–Crippen LogP) is 1.44. The van der Waals surface area contributed by atoms with Gasteiger partial charge in [0.2, 0.25) is 11.8 Å². The highest BCUT2D eigenvalue weighted by molar-refractivity contribution is 5.77. The number of pyridine rings is 1. The van der Waals surface area contributed by atoms with Gasteiger partial charge in [-0.3, -0.25) is 9.59 Å². The average Bonchev–Trinajstić information content (AvgIpc) is 2.57. The lowest BCUT2D eigenvalue weighted by molar-refractivity contribution is -0.137. The van der Waals surface area contributed by atoms with Gasteiger partial charge in [0.1, 0.15) is 0 Å². The van der Waals surface area contributed by atoms with Crippen LogP contribution in [0.25, 0.3) is 10.4 Å². The number of methoxy groups -OCH3 is 1. The van der Waals surface area contributed by atoms with Crippen LogP contribution in [0.2, 0.25) is 0 Å². The molecule has 1 aromatic rings. The average molecular weight is 337 g/mol. The third-order valence-electron chi connectivity index (χ3n) is 2.96. The number of carbonyl (C=O) groups is 2. The Labute approximate surface area is 138 Å². The normalized spacial score (nSPS) is 11.2. The van der Waals surface area contributed by atoms with Gasteiger partial charge in [-0.15, -0.1) is 0 Å². The zero-order valence-corrected chi connectivity index (χ0v) is 13.2. The van der Waals surface area contributed by atoms with Gasteiger partial charge in [-0.05, 0) is 11.1 Å². The van der Waals surface area contributed by atoms with Crippen LogP contribution in [0.4, 0.5) is 0 Å². The van der Waals surface area contributed by atoms with Crippen molar-refractivity contribution in [3.05, 3.63) is 34.3 Å². The van der Waals surface area contributed by atoms with Gasteiger partial charge in [0, 0.05) is 30.1 Å². The highest BCUT2D eigenvalue weighted by Crippen LogP contribution is 2.18. The Morgan fingerprint density at radius 3 is 2.83 bits per heavy atom. The summed E-state index contributed by atoms with van der Waals surface area (Å²) in [6.07, 6.45) is 1.26. The van der Waals surface area contributed by atoms with Gasteiger partial charge in [0.15, 0.2) is 0 Å². The third-order valence-corrected chi connectivity index (χ3v) is 2.96. The minimum absolute atomic E-state index is 0.0654. The van der Waals surface area contributed by atoms with Crippen molar-refractivity contribution in [1.82, 2.24) is 10.3 Å². The second kappa shape index (κ2) is 10.8. The molecule has 1 heterocycles. The Kier molecular flexibility index (Phi) is 8.65. The summed E-state index contributed by atoms with van der Waals surface area (Å²) >= 11 is 0. The Bertz CT molecular complexity index is 586. The van der Waals surface area contributed by atoms with Crippen LogP contribution in [0.5, 0.6) is 5.88 Å². The number of aromatic nitrogens is 1. The lowest BCUT2D eigenvalue weighted by Gasteiger charge is -2.17. The highest BCUT2D eigenvalue weighted by Gasteiger charge is 2.18. The molecule has 1 atom stereocenters. The van der Waals surface area contributed by atoms with Crippen molar-refractivity contribution in [2.24, 2.45) is 5.11 Å². The number of ether oxygens (including phenoxy) is 2. The van der Waals surface area contributed by atoms with Crippen LogP contribution >= 0.6 is 0 Å². The van der Waals surface area contributed by atoms with E-state index in [9.17, 15) is 9.59 Å². The first-order chi connectivity index (χ1) is 11.6. The molecule has 24 heavy (non-hydrogen) atoms. The number of nitrogens with zero attached hydrogens (tertiary/aromatic N) is 4. The van der Waals surface area contributed by atoms with E-state index < -0.39 is 12.0 Å². The van der Waals surface area contributed by atoms with Crippen molar-refractivity contribution in [2.45, 2.75) is 18.9 Å². The van der Waals surface area contributed by atoms with Gasteiger partial charge in [0.25, 0.3) is 0 Å². The summed E-state index contributed by atoms with van der Waals surface area (Å²) in [4.78, 5) is 29.5. The van der Waals surface area contributed by atoms with Gasteiger partial charge in [-0.2, -0.15) is 0 Å². The maximum atomic E-state index is 11.9. The van der Waals surface area contributed by atoms with Crippen LogP contribution in [0, 0.1) is 0 Å². The number of rotatable bonds is 11. The van der Waals surface area contributed by atoms with Crippen LogP contribution in [0.15, 0.2) is 23.4 Å². The molecule has 10 nitrogen and oxygen atoms in total. The molecule has 0 saturated carbocycles. The molecule has 0 radical (unpaired) electrons. The number of nitrogens with one attached hydrogen (secondary N) is 1. The lowest BCUT2D eigenvalue weighted by atomic mass is 10.1. The summed E-state index contributed by atoms with van der Waals surface area (Å²) in [5.41, 5.74) is 8.67. The number of carboxylic acid groups (broad SMARTS) is 1. The Balaban J connectivity index is 2.53. The van der Waals surface area contributed by atoms with E-state index in [0.29, 0.717) is 11.4 Å². The number of hydrogen-bond donors (Lipinski definition) is 2. The largest absolute Gasteiger partial charge is 0.481 e. The molecule has 0 aliphatic heterocycles. The van der Waals surface area contributed by atoms with Crippen LogP contribution < -0.4 is 10.1 Å². The van der Waals surface area contributed by atoms with E-state index >= 15 is 0 Å². The molecule has 0 saturated heterocycles. The van der Waals surface area contributed by atoms with E-state index in [0.717, 1.165) is 0 Å². The summed E-state index contributed by atoms with van der Waals surface area (Å²) in [6.45, 7) is 0.559. The van der Waals surface area contributed by atoms with Crippen molar-refractivity contribution >= 4 is 11.9 Å². The standard InChI is InChI=1S/C14H19N5O5/c1-23-13-3-2-10(9-16-13)11(8-14(21)22)18-12(20)4-6-24-7-5-17-19-15/h2-3,9,11H,4-8H2,1H3,(H,18,20)(H,21,22)/t11-/m0/s1. The molecule has 10 heteroatoms. The third kappa shape index (κ3) is 7.43. The van der Waals surface area contributed by atoms with Crippen molar-refractivity contribution in [3.8, 4) is 5.88 Å².